The molecule has 2 N–H and O–H groups in total. The zero-order valence-electron chi connectivity index (χ0n) is 11.3. The summed E-state index contributed by atoms with van der Waals surface area (Å²) in [5, 5.41) is 0. The van der Waals surface area contributed by atoms with Crippen LogP contribution in [0.4, 0.5) is 17.6 Å². The van der Waals surface area contributed by atoms with E-state index in [9.17, 15) is 17.6 Å². The van der Waals surface area contributed by atoms with Gasteiger partial charge in [0.15, 0.2) is 0 Å². The van der Waals surface area contributed by atoms with Gasteiger partial charge in [-0.2, -0.15) is 13.2 Å². The molecule has 2 nitrogen and oxygen atoms in total. The highest BCUT2D eigenvalue weighted by atomic mass is 19.4. The fraction of sp³-hybridized carbons (Fsp3) is 0.267. The highest BCUT2D eigenvalue weighted by Gasteiger charge is 2.30. The summed E-state index contributed by atoms with van der Waals surface area (Å²) in [6, 6.07) is 5.97. The van der Waals surface area contributed by atoms with Gasteiger partial charge in [0.1, 0.15) is 5.82 Å². The second-order valence-electron chi connectivity index (χ2n) is 4.85. The molecule has 0 saturated carbocycles. The largest absolute Gasteiger partial charge is 0.417 e. The molecule has 0 aliphatic heterocycles. The number of hydrogen-bond donors (Lipinski definition) is 1. The molecule has 1 heterocycles. The predicted octanol–water partition coefficient (Wildman–Crippen LogP) is 3.79. The Morgan fingerprint density at radius 3 is 2.48 bits per heavy atom. The Balaban J connectivity index is 2.17. The molecule has 0 saturated heterocycles. The third kappa shape index (κ3) is 3.78. The Bertz CT molecular complexity index is 621. The molecule has 0 spiro atoms. The summed E-state index contributed by atoms with van der Waals surface area (Å²) in [7, 11) is 0. The van der Waals surface area contributed by atoms with E-state index < -0.39 is 17.8 Å². The lowest BCUT2D eigenvalue weighted by Crippen LogP contribution is -2.16. The van der Waals surface area contributed by atoms with E-state index in [1.165, 1.54) is 18.2 Å². The van der Waals surface area contributed by atoms with E-state index in [0.717, 1.165) is 17.8 Å². The van der Waals surface area contributed by atoms with Crippen molar-refractivity contribution in [1.82, 2.24) is 4.98 Å². The van der Waals surface area contributed by atoms with E-state index in [2.05, 4.69) is 4.98 Å². The van der Waals surface area contributed by atoms with Gasteiger partial charge in [-0.25, -0.2) is 4.39 Å². The quantitative estimate of drug-likeness (QED) is 0.876. The molecule has 0 bridgehead atoms. The van der Waals surface area contributed by atoms with Gasteiger partial charge in [0, 0.05) is 6.20 Å². The standard InChI is InChI=1S/C15H14F4N2/c1-9-2-4-12(16)6-10(9)7-13(20)14-5-3-11(8-21-14)15(17,18)19/h2-6,8,13H,7,20H2,1H3. The molecule has 1 atom stereocenters. The number of alkyl halides is 3. The molecule has 1 unspecified atom stereocenters. The lowest BCUT2D eigenvalue weighted by molar-refractivity contribution is -0.137. The van der Waals surface area contributed by atoms with Crippen LogP contribution < -0.4 is 5.73 Å². The highest BCUT2D eigenvalue weighted by molar-refractivity contribution is 5.29. The zero-order valence-corrected chi connectivity index (χ0v) is 11.3. The monoisotopic (exact) mass is 298 g/mol. The van der Waals surface area contributed by atoms with Crippen molar-refractivity contribution in [2.75, 3.05) is 0 Å². The molecule has 0 aliphatic rings. The molecule has 6 heteroatoms. The SMILES string of the molecule is Cc1ccc(F)cc1CC(N)c1ccc(C(F)(F)F)cn1. The summed E-state index contributed by atoms with van der Waals surface area (Å²) in [4.78, 5) is 3.75. The number of aromatic nitrogens is 1. The summed E-state index contributed by atoms with van der Waals surface area (Å²) < 4.78 is 50.6. The summed E-state index contributed by atoms with van der Waals surface area (Å²) in [5.74, 6) is -0.372. The van der Waals surface area contributed by atoms with Crippen molar-refractivity contribution in [3.05, 3.63) is 64.7 Å². The minimum atomic E-state index is -4.42. The van der Waals surface area contributed by atoms with Crippen LogP contribution >= 0.6 is 0 Å². The van der Waals surface area contributed by atoms with E-state index in [1.54, 1.807) is 6.07 Å². The first-order valence-corrected chi connectivity index (χ1v) is 6.31. The van der Waals surface area contributed by atoms with Crippen LogP contribution in [0.2, 0.25) is 0 Å². The molecular formula is C15H14F4N2. The van der Waals surface area contributed by atoms with Gasteiger partial charge in [-0.15, -0.1) is 0 Å². The van der Waals surface area contributed by atoms with Gasteiger partial charge in [0.25, 0.3) is 0 Å². The van der Waals surface area contributed by atoms with E-state index in [1.807, 2.05) is 6.92 Å². The fourth-order valence-corrected chi connectivity index (χ4v) is 1.99. The van der Waals surface area contributed by atoms with Crippen LogP contribution in [0.3, 0.4) is 0 Å². The van der Waals surface area contributed by atoms with E-state index in [0.29, 0.717) is 17.7 Å². The van der Waals surface area contributed by atoms with Crippen LogP contribution in [0.5, 0.6) is 0 Å². The van der Waals surface area contributed by atoms with Crippen LogP contribution in [0, 0.1) is 12.7 Å². The van der Waals surface area contributed by atoms with E-state index in [4.69, 9.17) is 5.73 Å². The molecule has 0 radical (unpaired) electrons. The van der Waals surface area contributed by atoms with Gasteiger partial charge in [-0.3, -0.25) is 4.98 Å². The Hall–Kier alpha value is -1.95. The van der Waals surface area contributed by atoms with Crippen molar-refractivity contribution in [3.63, 3.8) is 0 Å². The van der Waals surface area contributed by atoms with Crippen LogP contribution in [-0.2, 0) is 12.6 Å². The maximum Gasteiger partial charge on any atom is 0.417 e. The van der Waals surface area contributed by atoms with Crippen molar-refractivity contribution < 1.29 is 17.6 Å². The number of pyridine rings is 1. The molecule has 0 amide bonds. The highest BCUT2D eigenvalue weighted by Crippen LogP contribution is 2.29. The minimum absolute atomic E-state index is 0.307. The van der Waals surface area contributed by atoms with Crippen molar-refractivity contribution in [2.24, 2.45) is 5.73 Å². The molecular weight excluding hydrogens is 284 g/mol. The number of nitrogens with zero attached hydrogens (tertiary/aromatic N) is 1. The molecule has 1 aromatic heterocycles. The maximum atomic E-state index is 13.2. The molecule has 2 rings (SSSR count). The van der Waals surface area contributed by atoms with Gasteiger partial charge >= 0.3 is 6.18 Å². The zero-order chi connectivity index (χ0) is 15.6. The first-order valence-electron chi connectivity index (χ1n) is 6.31. The lowest BCUT2D eigenvalue weighted by Gasteiger charge is -2.14. The lowest BCUT2D eigenvalue weighted by atomic mass is 9.99. The van der Waals surface area contributed by atoms with Crippen molar-refractivity contribution in [2.45, 2.75) is 25.6 Å². The fourth-order valence-electron chi connectivity index (χ4n) is 1.99. The van der Waals surface area contributed by atoms with Gasteiger partial charge < -0.3 is 5.73 Å². The van der Waals surface area contributed by atoms with Gasteiger partial charge in [-0.1, -0.05) is 6.07 Å². The van der Waals surface area contributed by atoms with Gasteiger partial charge in [0.2, 0.25) is 0 Å². The first-order chi connectivity index (χ1) is 9.77. The second-order valence-corrected chi connectivity index (χ2v) is 4.85. The number of hydrogen-bond acceptors (Lipinski definition) is 2. The molecule has 1 aromatic carbocycles. The molecule has 112 valence electrons. The predicted molar refractivity (Wildman–Crippen MR) is 71.0 cm³/mol. The Morgan fingerprint density at radius 1 is 1.19 bits per heavy atom. The van der Waals surface area contributed by atoms with Crippen molar-refractivity contribution >= 4 is 0 Å². The van der Waals surface area contributed by atoms with Crippen LogP contribution in [0.15, 0.2) is 36.5 Å². The molecule has 0 aliphatic carbocycles. The molecule has 0 fully saturated rings. The Morgan fingerprint density at radius 2 is 1.90 bits per heavy atom. The number of nitrogens with two attached hydrogens (primary N) is 1. The maximum absolute atomic E-state index is 13.2. The number of rotatable bonds is 3. The van der Waals surface area contributed by atoms with Crippen LogP contribution in [0.1, 0.15) is 28.4 Å². The number of aryl methyl sites for hydroxylation is 1. The first kappa shape index (κ1) is 15.4. The molecule has 2 aromatic rings. The normalized spacial score (nSPS) is 13.2. The number of halogens is 4. The molecule has 21 heavy (non-hydrogen) atoms. The number of benzene rings is 1. The Kier molecular flexibility index (Phi) is 4.27. The van der Waals surface area contributed by atoms with Crippen molar-refractivity contribution in [3.8, 4) is 0 Å². The third-order valence-corrected chi connectivity index (χ3v) is 3.24. The third-order valence-electron chi connectivity index (χ3n) is 3.24. The summed E-state index contributed by atoms with van der Waals surface area (Å²) in [6.07, 6.45) is -3.36. The average molecular weight is 298 g/mol. The summed E-state index contributed by atoms with van der Waals surface area (Å²) in [5.41, 5.74) is 7.05. The van der Waals surface area contributed by atoms with Crippen molar-refractivity contribution in [1.29, 1.82) is 0 Å². The second kappa shape index (κ2) is 5.81. The van der Waals surface area contributed by atoms with Crippen LogP contribution in [-0.4, -0.2) is 4.98 Å². The summed E-state index contributed by atoms with van der Waals surface area (Å²) >= 11 is 0. The summed E-state index contributed by atoms with van der Waals surface area (Å²) in [6.45, 7) is 1.82. The average Bonchev–Trinajstić information content (AvgIpc) is 2.42. The van der Waals surface area contributed by atoms with E-state index >= 15 is 0 Å². The van der Waals surface area contributed by atoms with Gasteiger partial charge in [0.05, 0.1) is 17.3 Å². The smallest absolute Gasteiger partial charge is 0.322 e. The van der Waals surface area contributed by atoms with Gasteiger partial charge in [-0.05, 0) is 48.7 Å². The topological polar surface area (TPSA) is 38.9 Å². The van der Waals surface area contributed by atoms with Crippen LogP contribution in [0.25, 0.3) is 0 Å². The Labute approximate surface area is 119 Å². The van der Waals surface area contributed by atoms with E-state index in [-0.39, 0.29) is 5.82 Å². The minimum Gasteiger partial charge on any atom is -0.322 e.